The lowest BCUT2D eigenvalue weighted by atomic mass is 10.1. The van der Waals surface area contributed by atoms with Crippen LogP contribution in [0.1, 0.15) is 25.0 Å². The highest BCUT2D eigenvalue weighted by Gasteiger charge is 2.30. The third-order valence-electron chi connectivity index (χ3n) is 4.21. The minimum Gasteiger partial charge on any atom is -0.366 e. The first-order chi connectivity index (χ1) is 10.3. The van der Waals surface area contributed by atoms with Gasteiger partial charge in [-0.3, -0.25) is 14.7 Å². The highest BCUT2D eigenvalue weighted by Crippen LogP contribution is 2.15. The largest absolute Gasteiger partial charge is 0.366 e. The molecule has 5 nitrogen and oxygen atoms in total. The maximum Gasteiger partial charge on any atom is 0.253 e. The second-order valence-corrected chi connectivity index (χ2v) is 5.80. The number of aromatic nitrogens is 1. The molecule has 0 aliphatic carbocycles. The summed E-state index contributed by atoms with van der Waals surface area (Å²) in [6, 6.07) is 5.95. The lowest BCUT2D eigenvalue weighted by molar-refractivity contribution is -0.150. The van der Waals surface area contributed by atoms with Crippen LogP contribution in [0, 0.1) is 0 Å². The zero-order valence-electron chi connectivity index (χ0n) is 12.4. The van der Waals surface area contributed by atoms with E-state index in [-0.39, 0.29) is 12.0 Å². The number of hydrogen-bond acceptors (Lipinski definition) is 4. The summed E-state index contributed by atoms with van der Waals surface area (Å²) in [4.78, 5) is 21.1. The molecule has 1 aromatic rings. The first kappa shape index (κ1) is 14.5. The van der Waals surface area contributed by atoms with Crippen LogP contribution >= 0.6 is 0 Å². The number of carbonyl (C=O) groups is 1. The number of pyridine rings is 1. The number of rotatable bonds is 3. The van der Waals surface area contributed by atoms with E-state index in [9.17, 15) is 4.79 Å². The molecule has 0 saturated carbocycles. The van der Waals surface area contributed by atoms with Crippen LogP contribution in [-0.2, 0) is 16.1 Å². The summed E-state index contributed by atoms with van der Waals surface area (Å²) < 4.78 is 5.71. The number of ether oxygens (including phenoxy) is 1. The first-order valence-electron chi connectivity index (χ1n) is 7.85. The summed E-state index contributed by atoms with van der Waals surface area (Å²) in [7, 11) is 0. The van der Waals surface area contributed by atoms with Gasteiger partial charge in [-0.15, -0.1) is 0 Å². The van der Waals surface area contributed by atoms with Crippen molar-refractivity contribution in [1.29, 1.82) is 0 Å². The molecule has 2 aliphatic heterocycles. The van der Waals surface area contributed by atoms with E-state index in [1.54, 1.807) is 0 Å². The van der Waals surface area contributed by atoms with E-state index in [2.05, 4.69) is 9.88 Å². The molecule has 2 aliphatic rings. The molecule has 2 fully saturated rings. The molecule has 21 heavy (non-hydrogen) atoms. The fraction of sp³-hybridized carbons (Fsp3) is 0.625. The van der Waals surface area contributed by atoms with Gasteiger partial charge in [0, 0.05) is 38.9 Å². The molecular weight excluding hydrogens is 266 g/mol. The predicted molar refractivity (Wildman–Crippen MR) is 79.7 cm³/mol. The van der Waals surface area contributed by atoms with Crippen molar-refractivity contribution in [3.05, 3.63) is 30.1 Å². The van der Waals surface area contributed by atoms with E-state index < -0.39 is 0 Å². The van der Waals surface area contributed by atoms with E-state index in [0.717, 1.165) is 44.7 Å². The van der Waals surface area contributed by atoms with Gasteiger partial charge in [0.15, 0.2) is 0 Å². The maximum atomic E-state index is 12.5. The average molecular weight is 289 g/mol. The summed E-state index contributed by atoms with van der Waals surface area (Å²) in [5.41, 5.74) is 1.04. The molecular formula is C16H23N3O2. The normalized spacial score (nSPS) is 24.0. The molecule has 1 amide bonds. The van der Waals surface area contributed by atoms with Gasteiger partial charge >= 0.3 is 0 Å². The Balaban J connectivity index is 1.56. The molecule has 0 N–H and O–H groups in total. The van der Waals surface area contributed by atoms with Crippen LogP contribution in [-0.4, -0.2) is 59.6 Å². The van der Waals surface area contributed by atoms with Gasteiger partial charge in [0.1, 0.15) is 6.10 Å². The van der Waals surface area contributed by atoms with Crippen molar-refractivity contribution in [2.75, 3.05) is 32.8 Å². The Morgan fingerprint density at radius 3 is 2.86 bits per heavy atom. The van der Waals surface area contributed by atoms with Gasteiger partial charge in [-0.25, -0.2) is 0 Å². The number of amides is 1. The van der Waals surface area contributed by atoms with Crippen molar-refractivity contribution in [1.82, 2.24) is 14.8 Å². The topological polar surface area (TPSA) is 45.7 Å². The number of carbonyl (C=O) groups excluding carboxylic acids is 1. The molecule has 1 unspecified atom stereocenters. The van der Waals surface area contributed by atoms with Gasteiger partial charge < -0.3 is 9.64 Å². The van der Waals surface area contributed by atoms with Crippen LogP contribution in [0.2, 0.25) is 0 Å². The van der Waals surface area contributed by atoms with Crippen molar-refractivity contribution >= 4 is 5.91 Å². The van der Waals surface area contributed by atoms with Crippen LogP contribution in [0.15, 0.2) is 24.4 Å². The average Bonchev–Trinajstić information content (AvgIpc) is 2.56. The lowest BCUT2D eigenvalue weighted by Crippen LogP contribution is -2.51. The van der Waals surface area contributed by atoms with Crippen molar-refractivity contribution in [2.45, 2.75) is 31.9 Å². The van der Waals surface area contributed by atoms with E-state index in [1.807, 2.05) is 29.3 Å². The maximum absolute atomic E-state index is 12.5. The van der Waals surface area contributed by atoms with Crippen LogP contribution in [0.5, 0.6) is 0 Å². The van der Waals surface area contributed by atoms with E-state index in [1.165, 1.54) is 6.42 Å². The molecule has 0 bridgehead atoms. The summed E-state index contributed by atoms with van der Waals surface area (Å²) >= 11 is 0. The third-order valence-corrected chi connectivity index (χ3v) is 4.21. The summed E-state index contributed by atoms with van der Waals surface area (Å²) in [5.74, 6) is 0.167. The van der Waals surface area contributed by atoms with Crippen LogP contribution in [0.3, 0.4) is 0 Å². The van der Waals surface area contributed by atoms with Gasteiger partial charge in [0.25, 0.3) is 5.91 Å². The third kappa shape index (κ3) is 3.80. The fourth-order valence-corrected chi connectivity index (χ4v) is 3.03. The molecule has 5 heteroatoms. The van der Waals surface area contributed by atoms with Crippen LogP contribution < -0.4 is 0 Å². The Hall–Kier alpha value is -1.46. The number of hydrogen-bond donors (Lipinski definition) is 0. The molecule has 0 aromatic carbocycles. The highest BCUT2D eigenvalue weighted by molar-refractivity contribution is 5.81. The molecule has 1 aromatic heterocycles. The number of morpholine rings is 1. The smallest absolute Gasteiger partial charge is 0.253 e. The Morgan fingerprint density at radius 1 is 1.24 bits per heavy atom. The van der Waals surface area contributed by atoms with Crippen molar-refractivity contribution in [2.24, 2.45) is 0 Å². The molecule has 1 atom stereocenters. The fourth-order valence-electron chi connectivity index (χ4n) is 3.03. The van der Waals surface area contributed by atoms with E-state index in [0.29, 0.717) is 13.2 Å². The first-order valence-corrected chi connectivity index (χ1v) is 7.85. The zero-order valence-corrected chi connectivity index (χ0v) is 12.4. The SMILES string of the molecule is O=C(C1CN(Cc2ccccn2)CCO1)N1CCCCC1. The molecule has 2 saturated heterocycles. The summed E-state index contributed by atoms with van der Waals surface area (Å²) in [5, 5.41) is 0. The van der Waals surface area contributed by atoms with Crippen LogP contribution in [0.4, 0.5) is 0 Å². The van der Waals surface area contributed by atoms with Crippen molar-refractivity contribution in [3.63, 3.8) is 0 Å². The minimum atomic E-state index is -0.305. The minimum absolute atomic E-state index is 0.167. The number of piperidine rings is 1. The molecule has 0 radical (unpaired) electrons. The summed E-state index contributed by atoms with van der Waals surface area (Å²) in [6.07, 6.45) is 4.99. The Kier molecular flexibility index (Phi) is 4.83. The standard InChI is InChI=1S/C16H23N3O2/c20-16(19-8-4-1-5-9-19)15-13-18(10-11-21-15)12-14-6-2-3-7-17-14/h2-3,6-7,15H,1,4-5,8-13H2. The monoisotopic (exact) mass is 289 g/mol. The van der Waals surface area contributed by atoms with Gasteiger partial charge in [0.2, 0.25) is 0 Å². The summed E-state index contributed by atoms with van der Waals surface area (Å²) in [6.45, 7) is 4.72. The Bertz CT molecular complexity index is 460. The van der Waals surface area contributed by atoms with E-state index in [4.69, 9.17) is 4.74 Å². The van der Waals surface area contributed by atoms with Crippen molar-refractivity contribution < 1.29 is 9.53 Å². The molecule has 3 rings (SSSR count). The van der Waals surface area contributed by atoms with Crippen LogP contribution in [0.25, 0.3) is 0 Å². The Morgan fingerprint density at radius 2 is 2.10 bits per heavy atom. The predicted octanol–water partition coefficient (Wildman–Crippen LogP) is 1.29. The van der Waals surface area contributed by atoms with Gasteiger partial charge in [-0.2, -0.15) is 0 Å². The lowest BCUT2D eigenvalue weighted by Gasteiger charge is -2.36. The van der Waals surface area contributed by atoms with E-state index >= 15 is 0 Å². The van der Waals surface area contributed by atoms with Crippen molar-refractivity contribution in [3.8, 4) is 0 Å². The Labute approximate surface area is 125 Å². The molecule has 0 spiro atoms. The zero-order chi connectivity index (χ0) is 14.5. The number of likely N-dealkylation sites (tertiary alicyclic amines) is 1. The highest BCUT2D eigenvalue weighted by atomic mass is 16.5. The van der Waals surface area contributed by atoms with Gasteiger partial charge in [0.05, 0.1) is 12.3 Å². The second kappa shape index (κ2) is 7.00. The van der Waals surface area contributed by atoms with Gasteiger partial charge in [-0.05, 0) is 31.4 Å². The molecule has 114 valence electrons. The quantitative estimate of drug-likeness (QED) is 0.841. The van der Waals surface area contributed by atoms with Gasteiger partial charge in [-0.1, -0.05) is 6.07 Å². The number of nitrogens with zero attached hydrogens (tertiary/aromatic N) is 3. The second-order valence-electron chi connectivity index (χ2n) is 5.80. The molecule has 3 heterocycles.